The molecule has 2 N–H and O–H groups in total. The Labute approximate surface area is 158 Å². The number of aliphatic hydroxyl groups is 1. The molecule has 2 aliphatic heterocycles. The lowest BCUT2D eigenvalue weighted by Gasteiger charge is -2.48. The molecule has 0 bridgehead atoms. The molecule has 0 unspecified atom stereocenters. The molecule has 3 aliphatic rings. The van der Waals surface area contributed by atoms with Gasteiger partial charge in [-0.15, -0.1) is 0 Å². The fourth-order valence-electron chi connectivity index (χ4n) is 4.94. The van der Waals surface area contributed by atoms with E-state index in [1.807, 2.05) is 12.1 Å². The summed E-state index contributed by atoms with van der Waals surface area (Å²) in [5.74, 6) is 0. The number of anilines is 2. The Kier molecular flexibility index (Phi) is 3.70. The van der Waals surface area contributed by atoms with Crippen molar-refractivity contribution in [1.82, 2.24) is 4.98 Å². The van der Waals surface area contributed by atoms with Gasteiger partial charge in [0.15, 0.2) is 0 Å². The third kappa shape index (κ3) is 2.61. The average Bonchev–Trinajstić information content (AvgIpc) is 2.63. The zero-order valence-electron chi connectivity index (χ0n) is 15.4. The molecular formula is C21H24N4O2. The molecular weight excluding hydrogens is 340 g/mol. The summed E-state index contributed by atoms with van der Waals surface area (Å²) in [5.41, 5.74) is 3.00. The van der Waals surface area contributed by atoms with Crippen molar-refractivity contribution >= 4 is 22.3 Å². The molecule has 0 atom stereocenters. The van der Waals surface area contributed by atoms with Crippen LogP contribution in [0.15, 0.2) is 23.0 Å². The van der Waals surface area contributed by atoms with E-state index in [9.17, 15) is 15.2 Å². The molecule has 6 heteroatoms. The summed E-state index contributed by atoms with van der Waals surface area (Å²) in [6.45, 7) is 3.06. The summed E-state index contributed by atoms with van der Waals surface area (Å²) >= 11 is 0. The van der Waals surface area contributed by atoms with Gasteiger partial charge >= 0.3 is 0 Å². The molecule has 1 aromatic carbocycles. The minimum absolute atomic E-state index is 0.216. The summed E-state index contributed by atoms with van der Waals surface area (Å²) in [4.78, 5) is 19.7. The van der Waals surface area contributed by atoms with Gasteiger partial charge < -0.3 is 19.9 Å². The topological polar surface area (TPSA) is 83.4 Å². The number of aromatic nitrogens is 1. The van der Waals surface area contributed by atoms with Crippen LogP contribution in [0.3, 0.4) is 0 Å². The summed E-state index contributed by atoms with van der Waals surface area (Å²) in [6.07, 6.45) is 6.00. The van der Waals surface area contributed by atoms with Crippen LogP contribution in [0.1, 0.15) is 37.7 Å². The number of H-pyrrole nitrogens is 1. The van der Waals surface area contributed by atoms with E-state index in [1.165, 1.54) is 19.3 Å². The number of hydrogen-bond acceptors (Lipinski definition) is 5. The number of β-amino-alcohol motifs (C(OH)–C–C–N with tert-alkyl or cyclic N) is 1. The predicted octanol–water partition coefficient (Wildman–Crippen LogP) is 2.35. The van der Waals surface area contributed by atoms with Gasteiger partial charge in [0.1, 0.15) is 11.6 Å². The molecule has 0 amide bonds. The molecule has 1 saturated carbocycles. The van der Waals surface area contributed by atoms with Crippen molar-refractivity contribution < 1.29 is 5.11 Å². The molecule has 1 aromatic heterocycles. The lowest BCUT2D eigenvalue weighted by Crippen LogP contribution is -2.50. The van der Waals surface area contributed by atoms with Crippen LogP contribution in [0.4, 0.5) is 11.4 Å². The van der Waals surface area contributed by atoms with Crippen LogP contribution in [0.2, 0.25) is 0 Å². The van der Waals surface area contributed by atoms with Gasteiger partial charge in [-0.3, -0.25) is 4.79 Å². The number of benzene rings is 1. The highest BCUT2D eigenvalue weighted by Gasteiger charge is 2.40. The molecule has 1 spiro atoms. The third-order valence-electron chi connectivity index (χ3n) is 6.86. The van der Waals surface area contributed by atoms with Gasteiger partial charge in [-0.2, -0.15) is 5.26 Å². The Morgan fingerprint density at radius 3 is 2.48 bits per heavy atom. The number of rotatable bonds is 2. The number of hydrogen-bond donors (Lipinski definition) is 2. The number of nitriles is 1. The van der Waals surface area contributed by atoms with Crippen LogP contribution in [-0.2, 0) is 0 Å². The highest BCUT2D eigenvalue weighted by Crippen LogP contribution is 2.49. The fourth-order valence-corrected chi connectivity index (χ4v) is 4.94. The van der Waals surface area contributed by atoms with Gasteiger partial charge in [0.05, 0.1) is 17.3 Å². The summed E-state index contributed by atoms with van der Waals surface area (Å²) in [5, 5.41) is 20.2. The predicted molar refractivity (Wildman–Crippen MR) is 105 cm³/mol. The molecule has 2 saturated heterocycles. The molecule has 3 heterocycles. The molecule has 1 aliphatic carbocycles. The van der Waals surface area contributed by atoms with Crippen molar-refractivity contribution in [3.05, 3.63) is 34.1 Å². The van der Waals surface area contributed by atoms with E-state index in [1.54, 1.807) is 0 Å². The number of aromatic amines is 1. The minimum atomic E-state index is -0.309. The summed E-state index contributed by atoms with van der Waals surface area (Å²) < 4.78 is 0. The van der Waals surface area contributed by atoms with Crippen LogP contribution in [0.5, 0.6) is 0 Å². The number of nitrogens with zero attached hydrogens (tertiary/aromatic N) is 3. The van der Waals surface area contributed by atoms with E-state index in [0.717, 1.165) is 48.2 Å². The maximum absolute atomic E-state index is 12.5. The Bertz CT molecular complexity index is 986. The Balaban J connectivity index is 1.58. The van der Waals surface area contributed by atoms with Crippen molar-refractivity contribution in [2.75, 3.05) is 36.0 Å². The average molecular weight is 364 g/mol. The Morgan fingerprint density at radius 1 is 1.15 bits per heavy atom. The number of fused-ring (bicyclic) bond motifs is 1. The first-order chi connectivity index (χ1) is 13.1. The lowest BCUT2D eigenvalue weighted by molar-refractivity contribution is 0.0956. The molecule has 3 fully saturated rings. The molecule has 6 nitrogen and oxygen atoms in total. The van der Waals surface area contributed by atoms with Crippen molar-refractivity contribution in [2.24, 2.45) is 5.41 Å². The standard InChI is InChI=1S/C21H24N4O2/c22-11-17-19(24-8-6-21(7-9-24)4-1-5-21)16-10-14(25-12-15(26)13-25)2-3-18(16)23-20(17)27/h2-3,10,15,26H,1,4-9,12-13H2,(H,23,27). The van der Waals surface area contributed by atoms with Gasteiger partial charge in [-0.25, -0.2) is 0 Å². The molecule has 5 rings (SSSR count). The van der Waals surface area contributed by atoms with Crippen molar-refractivity contribution in [3.63, 3.8) is 0 Å². The van der Waals surface area contributed by atoms with Gasteiger partial charge in [0.2, 0.25) is 0 Å². The normalized spacial score (nSPS) is 21.8. The lowest BCUT2D eigenvalue weighted by atomic mass is 9.63. The Hall–Kier alpha value is -2.52. The highest BCUT2D eigenvalue weighted by molar-refractivity contribution is 5.96. The largest absolute Gasteiger partial charge is 0.389 e. The van der Waals surface area contributed by atoms with E-state index < -0.39 is 0 Å². The van der Waals surface area contributed by atoms with Crippen molar-refractivity contribution in [1.29, 1.82) is 5.26 Å². The van der Waals surface area contributed by atoms with E-state index in [0.29, 0.717) is 18.5 Å². The zero-order chi connectivity index (χ0) is 18.6. The first kappa shape index (κ1) is 16.6. The van der Waals surface area contributed by atoms with Crippen molar-refractivity contribution in [2.45, 2.75) is 38.2 Å². The van der Waals surface area contributed by atoms with E-state index >= 15 is 0 Å². The molecule has 140 valence electrons. The second-order valence-electron chi connectivity index (χ2n) is 8.42. The van der Waals surface area contributed by atoms with Crippen LogP contribution in [0.25, 0.3) is 10.9 Å². The van der Waals surface area contributed by atoms with Gasteiger partial charge in [-0.05, 0) is 49.3 Å². The SMILES string of the molecule is N#Cc1c(N2CCC3(CCC3)CC2)c2cc(N3CC(O)C3)ccc2[nH]c1=O. The molecule has 0 radical (unpaired) electrons. The smallest absolute Gasteiger partial charge is 0.268 e. The van der Waals surface area contributed by atoms with Crippen LogP contribution >= 0.6 is 0 Å². The van der Waals surface area contributed by atoms with Crippen molar-refractivity contribution in [3.8, 4) is 6.07 Å². The van der Waals surface area contributed by atoms with Gasteiger partial charge in [0, 0.05) is 37.3 Å². The minimum Gasteiger partial charge on any atom is -0.389 e. The second kappa shape index (κ2) is 6.00. The van der Waals surface area contributed by atoms with Crippen LogP contribution in [0, 0.1) is 16.7 Å². The third-order valence-corrected chi connectivity index (χ3v) is 6.86. The second-order valence-corrected chi connectivity index (χ2v) is 8.42. The number of nitrogens with one attached hydrogen (secondary N) is 1. The zero-order valence-corrected chi connectivity index (χ0v) is 15.4. The maximum atomic E-state index is 12.5. The number of pyridine rings is 1. The Morgan fingerprint density at radius 2 is 1.89 bits per heavy atom. The maximum Gasteiger partial charge on any atom is 0.268 e. The van der Waals surface area contributed by atoms with Crippen LogP contribution in [-0.4, -0.2) is 42.4 Å². The monoisotopic (exact) mass is 364 g/mol. The number of aliphatic hydroxyl groups excluding tert-OH is 1. The van der Waals surface area contributed by atoms with Gasteiger partial charge in [0.25, 0.3) is 5.56 Å². The van der Waals surface area contributed by atoms with E-state index in [-0.39, 0.29) is 17.2 Å². The van der Waals surface area contributed by atoms with E-state index in [2.05, 4.69) is 26.9 Å². The summed E-state index contributed by atoms with van der Waals surface area (Å²) in [6, 6.07) is 8.09. The molecule has 27 heavy (non-hydrogen) atoms. The molecule has 2 aromatic rings. The first-order valence-corrected chi connectivity index (χ1v) is 9.87. The summed E-state index contributed by atoms with van der Waals surface area (Å²) in [7, 11) is 0. The van der Waals surface area contributed by atoms with E-state index in [4.69, 9.17) is 0 Å². The first-order valence-electron chi connectivity index (χ1n) is 9.87. The van der Waals surface area contributed by atoms with Gasteiger partial charge in [-0.1, -0.05) is 6.42 Å². The quantitative estimate of drug-likeness (QED) is 0.855. The fraction of sp³-hybridized carbons (Fsp3) is 0.524. The highest BCUT2D eigenvalue weighted by atomic mass is 16.3. The van der Waals surface area contributed by atoms with Crippen LogP contribution < -0.4 is 15.4 Å². The number of piperidine rings is 1.